The molecule has 0 bridgehead atoms. The van der Waals surface area contributed by atoms with Crippen molar-refractivity contribution in [2.75, 3.05) is 11.8 Å². The molecule has 0 saturated carbocycles. The van der Waals surface area contributed by atoms with Crippen molar-refractivity contribution in [3.05, 3.63) is 65.0 Å². The van der Waals surface area contributed by atoms with Crippen LogP contribution in [0.1, 0.15) is 0 Å². The number of benzene rings is 2. The van der Waals surface area contributed by atoms with Crippen LogP contribution in [0.2, 0.25) is 0 Å². The highest BCUT2D eigenvalue weighted by Gasteiger charge is 2.15. The monoisotopic (exact) mass is 330 g/mol. The van der Waals surface area contributed by atoms with Gasteiger partial charge in [-0.3, -0.25) is 9.52 Å². The molecule has 0 aliphatic rings. The molecule has 3 aromatic rings. The van der Waals surface area contributed by atoms with Gasteiger partial charge in [0.1, 0.15) is 5.75 Å². The van der Waals surface area contributed by atoms with E-state index >= 15 is 0 Å². The molecule has 0 fully saturated rings. The fourth-order valence-electron chi connectivity index (χ4n) is 2.20. The zero-order valence-electron chi connectivity index (χ0n) is 12.2. The first-order valence-corrected chi connectivity index (χ1v) is 8.26. The minimum atomic E-state index is -3.74. The van der Waals surface area contributed by atoms with Crippen molar-refractivity contribution < 1.29 is 13.2 Å². The van der Waals surface area contributed by atoms with E-state index in [1.54, 1.807) is 36.4 Å². The molecule has 2 N–H and O–H groups in total. The summed E-state index contributed by atoms with van der Waals surface area (Å²) in [5.41, 5.74) is 0.756. The standard InChI is InChI=1S/C16H14N2O4S/c1-22-13-4-2-3-12(10-13)18-23(20,21)14-6-7-15-11(9-14)5-8-16(19)17-15/h2-10,18H,1H3,(H,17,19). The van der Waals surface area contributed by atoms with Crippen LogP contribution in [0.15, 0.2) is 64.3 Å². The second-order valence-electron chi connectivity index (χ2n) is 4.91. The van der Waals surface area contributed by atoms with E-state index in [9.17, 15) is 13.2 Å². The molecule has 0 spiro atoms. The number of nitrogens with one attached hydrogen (secondary N) is 2. The van der Waals surface area contributed by atoms with Gasteiger partial charge in [-0.05, 0) is 41.8 Å². The average molecular weight is 330 g/mol. The van der Waals surface area contributed by atoms with Crippen LogP contribution < -0.4 is 15.0 Å². The lowest BCUT2D eigenvalue weighted by molar-refractivity contribution is 0.415. The first-order chi connectivity index (χ1) is 11.0. The summed E-state index contributed by atoms with van der Waals surface area (Å²) in [7, 11) is -2.23. The van der Waals surface area contributed by atoms with Gasteiger partial charge in [0.05, 0.1) is 17.7 Å². The first-order valence-electron chi connectivity index (χ1n) is 6.78. The van der Waals surface area contributed by atoms with Gasteiger partial charge in [-0.15, -0.1) is 0 Å². The summed E-state index contributed by atoms with van der Waals surface area (Å²) in [5.74, 6) is 0.557. The summed E-state index contributed by atoms with van der Waals surface area (Å²) in [5, 5.41) is 0.637. The van der Waals surface area contributed by atoms with Crippen LogP contribution in [0, 0.1) is 0 Å². The number of fused-ring (bicyclic) bond motifs is 1. The normalized spacial score (nSPS) is 11.3. The molecule has 3 rings (SSSR count). The van der Waals surface area contributed by atoms with Crippen molar-refractivity contribution in [2.45, 2.75) is 4.90 Å². The van der Waals surface area contributed by atoms with Crippen LogP contribution in [0.5, 0.6) is 5.75 Å². The molecule has 0 amide bonds. The molecule has 118 valence electrons. The van der Waals surface area contributed by atoms with Gasteiger partial charge in [-0.2, -0.15) is 0 Å². The quantitative estimate of drug-likeness (QED) is 0.768. The second kappa shape index (κ2) is 5.77. The van der Waals surface area contributed by atoms with E-state index in [1.807, 2.05) is 0 Å². The van der Waals surface area contributed by atoms with E-state index in [0.29, 0.717) is 22.3 Å². The fourth-order valence-corrected chi connectivity index (χ4v) is 3.28. The number of aromatic amines is 1. The van der Waals surface area contributed by atoms with E-state index in [4.69, 9.17) is 4.74 Å². The molecule has 23 heavy (non-hydrogen) atoms. The Bertz CT molecular complexity index is 1030. The molecule has 0 radical (unpaired) electrons. The van der Waals surface area contributed by atoms with E-state index < -0.39 is 10.0 Å². The van der Waals surface area contributed by atoms with Crippen LogP contribution in [0.25, 0.3) is 10.9 Å². The summed E-state index contributed by atoms with van der Waals surface area (Å²) >= 11 is 0. The Morgan fingerprint density at radius 3 is 2.65 bits per heavy atom. The number of aromatic nitrogens is 1. The van der Waals surface area contributed by atoms with Crippen LogP contribution in [0.4, 0.5) is 5.69 Å². The first kappa shape index (κ1) is 15.1. The average Bonchev–Trinajstić information content (AvgIpc) is 2.54. The van der Waals surface area contributed by atoms with Gasteiger partial charge < -0.3 is 9.72 Å². The van der Waals surface area contributed by atoms with Crippen molar-refractivity contribution >= 4 is 26.6 Å². The summed E-state index contributed by atoms with van der Waals surface area (Å²) in [6.45, 7) is 0. The minimum absolute atomic E-state index is 0.111. The van der Waals surface area contributed by atoms with E-state index in [-0.39, 0.29) is 10.5 Å². The Morgan fingerprint density at radius 2 is 1.87 bits per heavy atom. The molecule has 6 nitrogen and oxygen atoms in total. The van der Waals surface area contributed by atoms with Crippen LogP contribution >= 0.6 is 0 Å². The summed E-state index contributed by atoms with van der Waals surface area (Å²) in [6.07, 6.45) is 0. The van der Waals surface area contributed by atoms with E-state index in [0.717, 1.165) is 0 Å². The lowest BCUT2D eigenvalue weighted by Crippen LogP contribution is -2.13. The topological polar surface area (TPSA) is 88.3 Å². The molecule has 0 saturated heterocycles. The van der Waals surface area contributed by atoms with Crippen molar-refractivity contribution in [2.24, 2.45) is 0 Å². The maximum absolute atomic E-state index is 12.5. The summed E-state index contributed by atoms with van der Waals surface area (Å²) in [4.78, 5) is 14.0. The van der Waals surface area contributed by atoms with Gasteiger partial charge >= 0.3 is 0 Å². The number of anilines is 1. The van der Waals surface area contributed by atoms with Gasteiger partial charge in [0, 0.05) is 17.6 Å². The Balaban J connectivity index is 1.98. The van der Waals surface area contributed by atoms with Crippen molar-refractivity contribution in [1.82, 2.24) is 4.98 Å². The second-order valence-corrected chi connectivity index (χ2v) is 6.59. The minimum Gasteiger partial charge on any atom is -0.497 e. The maximum atomic E-state index is 12.5. The third-order valence-corrected chi connectivity index (χ3v) is 4.71. The third-order valence-electron chi connectivity index (χ3n) is 3.33. The molecule has 0 aliphatic heterocycles. The Labute approximate surface area is 132 Å². The number of H-pyrrole nitrogens is 1. The summed E-state index contributed by atoms with van der Waals surface area (Å²) < 4.78 is 32.6. The Kier molecular flexibility index (Phi) is 3.79. The lowest BCUT2D eigenvalue weighted by atomic mass is 10.2. The van der Waals surface area contributed by atoms with Crippen LogP contribution in [-0.2, 0) is 10.0 Å². The fraction of sp³-hybridized carbons (Fsp3) is 0.0625. The highest BCUT2D eigenvalue weighted by atomic mass is 32.2. The van der Waals surface area contributed by atoms with Gasteiger partial charge in [0.15, 0.2) is 0 Å². The predicted octanol–water partition coefficient (Wildman–Crippen LogP) is 2.34. The predicted molar refractivity (Wildman–Crippen MR) is 88.4 cm³/mol. The number of rotatable bonds is 4. The highest BCUT2D eigenvalue weighted by Crippen LogP contribution is 2.22. The number of hydrogen-bond donors (Lipinski definition) is 2. The Hall–Kier alpha value is -2.80. The van der Waals surface area contributed by atoms with Crippen LogP contribution in [-0.4, -0.2) is 20.5 Å². The van der Waals surface area contributed by atoms with E-state index in [1.165, 1.54) is 25.3 Å². The summed E-state index contributed by atoms with van der Waals surface area (Å²) in [6, 6.07) is 14.1. The molecule has 0 aliphatic carbocycles. The van der Waals surface area contributed by atoms with Crippen molar-refractivity contribution in [1.29, 1.82) is 0 Å². The molecule has 0 atom stereocenters. The Morgan fingerprint density at radius 1 is 1.04 bits per heavy atom. The van der Waals surface area contributed by atoms with Crippen LogP contribution in [0.3, 0.4) is 0 Å². The molecule has 7 heteroatoms. The van der Waals surface area contributed by atoms with Gasteiger partial charge in [0.2, 0.25) is 5.56 Å². The molecule has 2 aromatic carbocycles. The van der Waals surface area contributed by atoms with Gasteiger partial charge in [-0.25, -0.2) is 8.42 Å². The van der Waals surface area contributed by atoms with Gasteiger partial charge in [-0.1, -0.05) is 6.07 Å². The molecular formula is C16H14N2O4S. The zero-order chi connectivity index (χ0) is 16.4. The lowest BCUT2D eigenvalue weighted by Gasteiger charge is -2.10. The maximum Gasteiger partial charge on any atom is 0.261 e. The highest BCUT2D eigenvalue weighted by molar-refractivity contribution is 7.92. The van der Waals surface area contributed by atoms with Crippen molar-refractivity contribution in [3.63, 3.8) is 0 Å². The molecule has 0 unspecified atom stereocenters. The number of ether oxygens (including phenoxy) is 1. The largest absolute Gasteiger partial charge is 0.497 e. The molecular weight excluding hydrogens is 316 g/mol. The number of sulfonamides is 1. The smallest absolute Gasteiger partial charge is 0.261 e. The zero-order valence-corrected chi connectivity index (χ0v) is 13.1. The number of hydrogen-bond acceptors (Lipinski definition) is 4. The van der Waals surface area contributed by atoms with Gasteiger partial charge in [0.25, 0.3) is 10.0 Å². The number of pyridine rings is 1. The molecule has 1 heterocycles. The van der Waals surface area contributed by atoms with E-state index in [2.05, 4.69) is 9.71 Å². The SMILES string of the molecule is COc1cccc(NS(=O)(=O)c2ccc3[nH]c(=O)ccc3c2)c1. The van der Waals surface area contributed by atoms with Crippen molar-refractivity contribution in [3.8, 4) is 5.75 Å². The number of methoxy groups -OCH3 is 1. The molecule has 1 aromatic heterocycles. The third kappa shape index (κ3) is 3.19.